The third-order valence-corrected chi connectivity index (χ3v) is 3.00. The minimum atomic E-state index is -0.751. The van der Waals surface area contributed by atoms with Crippen molar-refractivity contribution < 1.29 is 14.7 Å². The highest BCUT2D eigenvalue weighted by atomic mass is 16.4. The van der Waals surface area contributed by atoms with E-state index in [0.29, 0.717) is 19.5 Å². The first-order chi connectivity index (χ1) is 10.1. The number of rotatable bonds is 10. The molecule has 2 amide bonds. The van der Waals surface area contributed by atoms with E-state index in [1.807, 2.05) is 19.2 Å². The van der Waals surface area contributed by atoms with E-state index < -0.39 is 5.97 Å². The molecule has 7 nitrogen and oxygen atoms in total. The van der Waals surface area contributed by atoms with Crippen LogP contribution in [0.25, 0.3) is 0 Å². The Kier molecular flexibility index (Phi) is 7.93. The molecule has 3 N–H and O–H groups in total. The molecule has 118 valence electrons. The van der Waals surface area contributed by atoms with Gasteiger partial charge in [-0.2, -0.15) is 5.10 Å². The van der Waals surface area contributed by atoms with E-state index in [4.69, 9.17) is 5.11 Å². The van der Waals surface area contributed by atoms with Gasteiger partial charge in [0.1, 0.15) is 0 Å². The van der Waals surface area contributed by atoms with Gasteiger partial charge in [-0.3, -0.25) is 9.48 Å². The number of nitrogens with one attached hydrogen (secondary N) is 2. The van der Waals surface area contributed by atoms with Crippen molar-refractivity contribution in [3.8, 4) is 0 Å². The lowest BCUT2D eigenvalue weighted by Crippen LogP contribution is -2.42. The van der Waals surface area contributed by atoms with E-state index in [2.05, 4.69) is 15.7 Å². The van der Waals surface area contributed by atoms with Crippen LogP contribution in [0.2, 0.25) is 0 Å². The van der Waals surface area contributed by atoms with Gasteiger partial charge in [0.25, 0.3) is 0 Å². The first-order valence-electron chi connectivity index (χ1n) is 7.31. The van der Waals surface area contributed by atoms with Gasteiger partial charge in [0.15, 0.2) is 0 Å². The number of unbranched alkanes of at least 4 members (excludes halogenated alkanes) is 3. The Bertz CT molecular complexity index is 420. The number of carboxylic acid groups (broad SMARTS) is 1. The summed E-state index contributed by atoms with van der Waals surface area (Å²) < 4.78 is 1.77. The standard InChI is InChI=1S/C14H24N4O3/c1-12(11-18-10-6-9-16-18)17-14(21)15-8-5-3-2-4-7-13(19)20/h6,9-10,12H,2-5,7-8,11H2,1H3,(H,19,20)(H2,15,17,21). The number of carbonyl (C=O) groups is 2. The minimum Gasteiger partial charge on any atom is -0.481 e. The molecule has 1 aromatic rings. The van der Waals surface area contributed by atoms with Crippen LogP contribution >= 0.6 is 0 Å². The monoisotopic (exact) mass is 296 g/mol. The van der Waals surface area contributed by atoms with Crippen LogP contribution in [0.15, 0.2) is 18.5 Å². The molecule has 1 rings (SSSR count). The van der Waals surface area contributed by atoms with E-state index in [0.717, 1.165) is 19.3 Å². The zero-order chi connectivity index (χ0) is 15.5. The van der Waals surface area contributed by atoms with Crippen LogP contribution in [0, 0.1) is 0 Å². The molecule has 0 aliphatic carbocycles. The molecule has 1 atom stereocenters. The fourth-order valence-electron chi connectivity index (χ4n) is 1.97. The largest absolute Gasteiger partial charge is 0.481 e. The fourth-order valence-corrected chi connectivity index (χ4v) is 1.97. The molecule has 0 aliphatic rings. The molecule has 7 heteroatoms. The maximum Gasteiger partial charge on any atom is 0.315 e. The molecule has 1 unspecified atom stereocenters. The van der Waals surface area contributed by atoms with Gasteiger partial charge < -0.3 is 15.7 Å². The molecular formula is C14H24N4O3. The van der Waals surface area contributed by atoms with Gasteiger partial charge in [0, 0.05) is 31.4 Å². The van der Waals surface area contributed by atoms with Crippen LogP contribution < -0.4 is 10.6 Å². The van der Waals surface area contributed by atoms with Crippen molar-refractivity contribution in [3.05, 3.63) is 18.5 Å². The summed E-state index contributed by atoms with van der Waals surface area (Å²) in [7, 11) is 0. The van der Waals surface area contributed by atoms with Crippen molar-refractivity contribution in [2.75, 3.05) is 6.54 Å². The lowest BCUT2D eigenvalue weighted by molar-refractivity contribution is -0.137. The number of hydrogen-bond donors (Lipinski definition) is 3. The summed E-state index contributed by atoms with van der Waals surface area (Å²) in [4.78, 5) is 22.0. The Morgan fingerprint density at radius 1 is 1.29 bits per heavy atom. The molecule has 0 aliphatic heterocycles. The number of amides is 2. The lowest BCUT2D eigenvalue weighted by atomic mass is 10.1. The Labute approximate surface area is 124 Å². The average Bonchev–Trinajstić information content (AvgIpc) is 2.89. The third kappa shape index (κ3) is 8.67. The van der Waals surface area contributed by atoms with Gasteiger partial charge in [-0.15, -0.1) is 0 Å². The third-order valence-electron chi connectivity index (χ3n) is 3.00. The predicted octanol–water partition coefficient (Wildman–Crippen LogP) is 1.61. The van der Waals surface area contributed by atoms with Crippen LogP contribution in [0.1, 0.15) is 39.0 Å². The number of carboxylic acids is 1. The summed E-state index contributed by atoms with van der Waals surface area (Å²) in [5, 5.41) is 18.2. The van der Waals surface area contributed by atoms with E-state index in [-0.39, 0.29) is 18.5 Å². The summed E-state index contributed by atoms with van der Waals surface area (Å²) in [5.74, 6) is -0.751. The second-order valence-corrected chi connectivity index (χ2v) is 5.09. The van der Waals surface area contributed by atoms with Crippen molar-refractivity contribution in [2.24, 2.45) is 0 Å². The fraction of sp³-hybridized carbons (Fsp3) is 0.643. The van der Waals surface area contributed by atoms with Gasteiger partial charge in [-0.05, 0) is 25.8 Å². The maximum absolute atomic E-state index is 11.6. The highest BCUT2D eigenvalue weighted by Gasteiger charge is 2.07. The maximum atomic E-state index is 11.6. The van der Waals surface area contributed by atoms with Gasteiger partial charge in [0.2, 0.25) is 0 Å². The van der Waals surface area contributed by atoms with Crippen LogP contribution in [0.4, 0.5) is 4.79 Å². The number of aliphatic carboxylic acids is 1. The molecule has 1 heterocycles. The highest BCUT2D eigenvalue weighted by Crippen LogP contribution is 2.02. The second kappa shape index (κ2) is 9.79. The van der Waals surface area contributed by atoms with Gasteiger partial charge in [-0.1, -0.05) is 12.8 Å². The van der Waals surface area contributed by atoms with Gasteiger partial charge in [-0.25, -0.2) is 4.79 Å². The summed E-state index contributed by atoms with van der Waals surface area (Å²) in [5.41, 5.74) is 0. The van der Waals surface area contributed by atoms with Crippen molar-refractivity contribution in [3.63, 3.8) is 0 Å². The Morgan fingerprint density at radius 3 is 2.71 bits per heavy atom. The molecule has 0 saturated heterocycles. The van der Waals surface area contributed by atoms with E-state index in [1.54, 1.807) is 10.9 Å². The molecule has 21 heavy (non-hydrogen) atoms. The quantitative estimate of drug-likeness (QED) is 0.571. The number of aromatic nitrogens is 2. The number of nitrogens with zero attached hydrogens (tertiary/aromatic N) is 2. The summed E-state index contributed by atoms with van der Waals surface area (Å²) in [6.45, 7) is 3.16. The SMILES string of the molecule is CC(Cn1cccn1)NC(=O)NCCCCCCC(=O)O. The Balaban J connectivity index is 1.99. The molecule has 0 bridgehead atoms. The smallest absolute Gasteiger partial charge is 0.315 e. The number of carbonyl (C=O) groups excluding carboxylic acids is 1. The van der Waals surface area contributed by atoms with Gasteiger partial charge >= 0.3 is 12.0 Å². The van der Waals surface area contributed by atoms with Crippen LogP contribution in [-0.2, 0) is 11.3 Å². The Hall–Kier alpha value is -2.05. The first kappa shape index (κ1) is 17.0. The van der Waals surface area contributed by atoms with Crippen LogP contribution in [-0.4, -0.2) is 39.5 Å². The molecule has 1 aromatic heterocycles. The van der Waals surface area contributed by atoms with E-state index >= 15 is 0 Å². The molecule has 0 saturated carbocycles. The molecule has 0 radical (unpaired) electrons. The zero-order valence-corrected chi connectivity index (χ0v) is 12.4. The van der Waals surface area contributed by atoms with Crippen molar-refractivity contribution in [2.45, 2.75) is 51.6 Å². The second-order valence-electron chi connectivity index (χ2n) is 5.09. The molecule has 0 spiro atoms. The molecule has 0 fully saturated rings. The van der Waals surface area contributed by atoms with Crippen molar-refractivity contribution >= 4 is 12.0 Å². The summed E-state index contributed by atoms with van der Waals surface area (Å²) in [6, 6.07) is 1.66. The predicted molar refractivity (Wildman–Crippen MR) is 78.9 cm³/mol. The first-order valence-corrected chi connectivity index (χ1v) is 7.31. The summed E-state index contributed by atoms with van der Waals surface area (Å²) >= 11 is 0. The van der Waals surface area contributed by atoms with E-state index in [1.165, 1.54) is 0 Å². The highest BCUT2D eigenvalue weighted by molar-refractivity contribution is 5.74. The normalized spacial score (nSPS) is 11.9. The van der Waals surface area contributed by atoms with Crippen molar-refractivity contribution in [1.82, 2.24) is 20.4 Å². The zero-order valence-electron chi connectivity index (χ0n) is 12.4. The van der Waals surface area contributed by atoms with Crippen molar-refractivity contribution in [1.29, 1.82) is 0 Å². The van der Waals surface area contributed by atoms with Gasteiger partial charge in [0.05, 0.1) is 6.54 Å². The molecular weight excluding hydrogens is 272 g/mol. The molecule has 0 aromatic carbocycles. The van der Waals surface area contributed by atoms with Crippen LogP contribution in [0.5, 0.6) is 0 Å². The van der Waals surface area contributed by atoms with Crippen LogP contribution in [0.3, 0.4) is 0 Å². The average molecular weight is 296 g/mol. The number of urea groups is 1. The lowest BCUT2D eigenvalue weighted by Gasteiger charge is -2.14. The topological polar surface area (TPSA) is 96.3 Å². The number of hydrogen-bond acceptors (Lipinski definition) is 3. The minimum absolute atomic E-state index is 0.000432. The van der Waals surface area contributed by atoms with E-state index in [9.17, 15) is 9.59 Å². The summed E-state index contributed by atoms with van der Waals surface area (Å²) in [6.07, 6.45) is 7.15. The Morgan fingerprint density at radius 2 is 2.05 bits per heavy atom.